The van der Waals surface area contributed by atoms with Crippen LogP contribution >= 0.6 is 0 Å². The molecule has 1 aromatic carbocycles. The Morgan fingerprint density at radius 1 is 1.42 bits per heavy atom. The van der Waals surface area contributed by atoms with Crippen LogP contribution in [-0.2, 0) is 0 Å². The number of aliphatic hydroxyl groups excluding tert-OH is 1. The monoisotopic (exact) mass is 171 g/mol. The molecule has 0 saturated heterocycles. The number of aromatic hydroxyl groups is 1. The molecule has 1 atom stereocenters. The number of nitrogens with two attached hydrogens (primary N) is 1. The summed E-state index contributed by atoms with van der Waals surface area (Å²) in [5.41, 5.74) is 5.79. The second kappa shape index (κ2) is 3.51. The first-order valence-electron chi connectivity index (χ1n) is 3.49. The maximum Gasteiger partial charge on any atom is 0.127 e. The fourth-order valence-corrected chi connectivity index (χ4v) is 0.916. The highest BCUT2D eigenvalue weighted by molar-refractivity contribution is 5.30. The van der Waals surface area contributed by atoms with Gasteiger partial charge >= 0.3 is 0 Å². The zero-order valence-electron chi connectivity index (χ0n) is 6.37. The molecule has 4 heteroatoms. The number of aliphatic hydroxyl groups is 1. The van der Waals surface area contributed by atoms with E-state index >= 15 is 0 Å². The van der Waals surface area contributed by atoms with Gasteiger partial charge in [0.15, 0.2) is 0 Å². The highest BCUT2D eigenvalue weighted by Gasteiger charge is 2.06. The first-order valence-corrected chi connectivity index (χ1v) is 3.49. The van der Waals surface area contributed by atoms with Crippen molar-refractivity contribution in [3.05, 3.63) is 29.6 Å². The lowest BCUT2D eigenvalue weighted by atomic mass is 10.1. The van der Waals surface area contributed by atoms with Crippen LogP contribution in [0.25, 0.3) is 0 Å². The standard InChI is InChI=1S/C8H10FNO2/c9-6-1-5(8(10)4-11)2-7(12)3-6/h1-3,8,11-12H,4,10H2. The van der Waals surface area contributed by atoms with Crippen LogP contribution in [0.15, 0.2) is 18.2 Å². The molecule has 0 bridgehead atoms. The maximum absolute atomic E-state index is 12.6. The molecule has 0 saturated carbocycles. The molecular weight excluding hydrogens is 161 g/mol. The van der Waals surface area contributed by atoms with Crippen LogP contribution in [0.2, 0.25) is 0 Å². The predicted octanol–water partition coefficient (Wildman–Crippen LogP) is 0.523. The Kier molecular flexibility index (Phi) is 2.62. The average molecular weight is 171 g/mol. The molecular formula is C8H10FNO2. The lowest BCUT2D eigenvalue weighted by Gasteiger charge is -2.08. The van der Waals surface area contributed by atoms with Crippen molar-refractivity contribution in [2.24, 2.45) is 5.73 Å². The van der Waals surface area contributed by atoms with E-state index in [-0.39, 0.29) is 12.4 Å². The van der Waals surface area contributed by atoms with E-state index in [4.69, 9.17) is 15.9 Å². The lowest BCUT2D eigenvalue weighted by molar-refractivity contribution is 0.267. The molecule has 3 nitrogen and oxygen atoms in total. The molecule has 0 aliphatic carbocycles. The summed E-state index contributed by atoms with van der Waals surface area (Å²) in [5, 5.41) is 17.6. The highest BCUT2D eigenvalue weighted by atomic mass is 19.1. The summed E-state index contributed by atoms with van der Waals surface area (Å²) in [6, 6.07) is 2.84. The Morgan fingerprint density at radius 3 is 2.58 bits per heavy atom. The van der Waals surface area contributed by atoms with Crippen molar-refractivity contribution in [3.8, 4) is 5.75 Å². The summed E-state index contributed by atoms with van der Waals surface area (Å²) in [6.07, 6.45) is 0. The molecule has 0 aromatic heterocycles. The molecule has 1 aromatic rings. The minimum Gasteiger partial charge on any atom is -0.508 e. The third kappa shape index (κ3) is 1.93. The van der Waals surface area contributed by atoms with Crippen LogP contribution in [0.3, 0.4) is 0 Å². The van der Waals surface area contributed by atoms with Gasteiger partial charge in [-0.25, -0.2) is 4.39 Å². The van der Waals surface area contributed by atoms with Gasteiger partial charge in [0.05, 0.1) is 12.6 Å². The normalized spacial score (nSPS) is 12.9. The van der Waals surface area contributed by atoms with Gasteiger partial charge in [-0.15, -0.1) is 0 Å². The summed E-state index contributed by atoms with van der Waals surface area (Å²) in [4.78, 5) is 0. The summed E-state index contributed by atoms with van der Waals surface area (Å²) < 4.78 is 12.6. The van der Waals surface area contributed by atoms with E-state index in [0.29, 0.717) is 5.56 Å². The van der Waals surface area contributed by atoms with Crippen LogP contribution in [0, 0.1) is 5.82 Å². The molecule has 4 N–H and O–H groups in total. The van der Waals surface area contributed by atoms with E-state index in [1.54, 1.807) is 0 Å². The van der Waals surface area contributed by atoms with Crippen LogP contribution in [-0.4, -0.2) is 16.8 Å². The van der Waals surface area contributed by atoms with Crippen molar-refractivity contribution in [2.45, 2.75) is 6.04 Å². The number of phenolic OH excluding ortho intramolecular Hbond substituents is 1. The van der Waals surface area contributed by atoms with Gasteiger partial charge in [0.1, 0.15) is 11.6 Å². The molecule has 0 radical (unpaired) electrons. The summed E-state index contributed by atoms with van der Waals surface area (Å²) >= 11 is 0. The molecule has 12 heavy (non-hydrogen) atoms. The van der Waals surface area contributed by atoms with Gasteiger partial charge in [-0.3, -0.25) is 0 Å². The number of phenols is 1. The molecule has 0 spiro atoms. The second-order valence-electron chi connectivity index (χ2n) is 2.53. The number of benzene rings is 1. The minimum absolute atomic E-state index is 0.186. The van der Waals surface area contributed by atoms with Crippen molar-refractivity contribution < 1.29 is 14.6 Å². The molecule has 0 fully saturated rings. The number of rotatable bonds is 2. The van der Waals surface area contributed by atoms with Gasteiger partial charge in [-0.05, 0) is 17.7 Å². The molecule has 1 rings (SSSR count). The Balaban J connectivity index is 3.00. The van der Waals surface area contributed by atoms with E-state index in [0.717, 1.165) is 6.07 Å². The zero-order valence-corrected chi connectivity index (χ0v) is 6.37. The minimum atomic E-state index is -0.647. The van der Waals surface area contributed by atoms with E-state index in [1.165, 1.54) is 12.1 Å². The molecule has 0 aliphatic heterocycles. The Labute approximate surface area is 69.3 Å². The Bertz CT molecular complexity index is 258. The first-order chi connectivity index (χ1) is 5.63. The predicted molar refractivity (Wildman–Crippen MR) is 42.1 cm³/mol. The third-order valence-corrected chi connectivity index (χ3v) is 1.53. The van der Waals surface area contributed by atoms with Gasteiger partial charge in [0, 0.05) is 6.07 Å². The van der Waals surface area contributed by atoms with Crippen molar-refractivity contribution in [2.75, 3.05) is 6.61 Å². The molecule has 66 valence electrons. The van der Waals surface area contributed by atoms with Crippen molar-refractivity contribution in [3.63, 3.8) is 0 Å². The second-order valence-corrected chi connectivity index (χ2v) is 2.53. The van der Waals surface area contributed by atoms with E-state index in [9.17, 15) is 4.39 Å². The van der Waals surface area contributed by atoms with Gasteiger partial charge in [-0.1, -0.05) is 0 Å². The maximum atomic E-state index is 12.6. The molecule has 0 aliphatic rings. The quantitative estimate of drug-likeness (QED) is 0.607. The van der Waals surface area contributed by atoms with E-state index in [2.05, 4.69) is 0 Å². The SMILES string of the molecule is NC(CO)c1cc(O)cc(F)c1. The number of hydrogen-bond acceptors (Lipinski definition) is 3. The lowest BCUT2D eigenvalue weighted by Crippen LogP contribution is -2.14. The third-order valence-electron chi connectivity index (χ3n) is 1.53. The molecule has 0 amide bonds. The van der Waals surface area contributed by atoms with Crippen LogP contribution in [0.1, 0.15) is 11.6 Å². The first kappa shape index (κ1) is 8.96. The van der Waals surface area contributed by atoms with E-state index in [1.807, 2.05) is 0 Å². The Morgan fingerprint density at radius 2 is 2.08 bits per heavy atom. The van der Waals surface area contributed by atoms with Crippen LogP contribution < -0.4 is 5.73 Å². The van der Waals surface area contributed by atoms with Crippen LogP contribution in [0.5, 0.6) is 5.75 Å². The summed E-state index contributed by atoms with van der Waals surface area (Å²) in [6.45, 7) is -0.275. The molecule has 1 unspecified atom stereocenters. The van der Waals surface area contributed by atoms with Gasteiger partial charge in [0.2, 0.25) is 0 Å². The van der Waals surface area contributed by atoms with Crippen molar-refractivity contribution >= 4 is 0 Å². The summed E-state index contributed by atoms with van der Waals surface area (Å²) in [5.74, 6) is -0.747. The fraction of sp³-hybridized carbons (Fsp3) is 0.250. The highest BCUT2D eigenvalue weighted by Crippen LogP contribution is 2.18. The summed E-state index contributed by atoms with van der Waals surface area (Å²) in [7, 11) is 0. The zero-order chi connectivity index (χ0) is 9.14. The largest absolute Gasteiger partial charge is 0.508 e. The molecule has 0 heterocycles. The van der Waals surface area contributed by atoms with Gasteiger partial charge in [0.25, 0.3) is 0 Å². The van der Waals surface area contributed by atoms with Gasteiger partial charge < -0.3 is 15.9 Å². The topological polar surface area (TPSA) is 66.5 Å². The number of hydrogen-bond donors (Lipinski definition) is 3. The van der Waals surface area contributed by atoms with Crippen molar-refractivity contribution in [1.82, 2.24) is 0 Å². The average Bonchev–Trinajstić information content (AvgIpc) is 2.01. The van der Waals surface area contributed by atoms with Crippen molar-refractivity contribution in [1.29, 1.82) is 0 Å². The van der Waals surface area contributed by atoms with Gasteiger partial charge in [-0.2, -0.15) is 0 Å². The Hall–Kier alpha value is -1.13. The van der Waals surface area contributed by atoms with Crippen LogP contribution in [0.4, 0.5) is 4.39 Å². The number of halogens is 1. The van der Waals surface area contributed by atoms with E-state index < -0.39 is 11.9 Å². The fourth-order valence-electron chi connectivity index (χ4n) is 0.916. The smallest absolute Gasteiger partial charge is 0.127 e.